The average Bonchev–Trinajstić information content (AvgIpc) is 3.30. The number of halogens is 1. The van der Waals surface area contributed by atoms with Crippen molar-refractivity contribution in [1.29, 1.82) is 0 Å². The molecule has 1 fully saturated rings. The van der Waals surface area contributed by atoms with Crippen molar-refractivity contribution in [3.8, 4) is 0 Å². The minimum Gasteiger partial charge on any atom is -0.344 e. The number of fused-ring (bicyclic) bond motifs is 1. The molecule has 0 radical (unpaired) electrons. The molecule has 2 aromatic rings. The second-order valence-electron chi connectivity index (χ2n) is 7.00. The molecule has 1 atom stereocenters. The summed E-state index contributed by atoms with van der Waals surface area (Å²) in [6.45, 7) is 1.57. The zero-order chi connectivity index (χ0) is 17.2. The first-order valence-electron chi connectivity index (χ1n) is 9.05. The van der Waals surface area contributed by atoms with E-state index in [-0.39, 0.29) is 17.8 Å². The Hall–Kier alpha value is -2.21. The van der Waals surface area contributed by atoms with E-state index in [1.54, 1.807) is 12.1 Å². The van der Waals surface area contributed by atoms with Crippen LogP contribution in [0.4, 0.5) is 4.39 Å². The van der Waals surface area contributed by atoms with Gasteiger partial charge in [0, 0.05) is 30.8 Å². The number of rotatable bonds is 4. The van der Waals surface area contributed by atoms with E-state index < -0.39 is 0 Å². The summed E-state index contributed by atoms with van der Waals surface area (Å²) in [7, 11) is 0. The Labute approximate surface area is 146 Å². The summed E-state index contributed by atoms with van der Waals surface area (Å²) in [5.74, 6) is -0.0163. The fourth-order valence-electron chi connectivity index (χ4n) is 4.06. The molecule has 1 amide bonds. The van der Waals surface area contributed by atoms with E-state index in [2.05, 4.69) is 20.8 Å². The van der Waals surface area contributed by atoms with E-state index in [0.717, 1.165) is 42.6 Å². The van der Waals surface area contributed by atoms with Gasteiger partial charge in [0.2, 0.25) is 0 Å². The van der Waals surface area contributed by atoms with Crippen LogP contribution in [-0.4, -0.2) is 22.6 Å². The minimum atomic E-state index is -0.257. The molecule has 0 saturated heterocycles. The lowest BCUT2D eigenvalue weighted by atomic mass is 9.91. The SMILES string of the molecule is O=C(NC(c1ccc(F)cc1)C1CCCC1)c1n[nH]c2c1CNCC2. The number of hydrogen-bond donors (Lipinski definition) is 3. The van der Waals surface area contributed by atoms with Gasteiger partial charge in [0.1, 0.15) is 5.82 Å². The normalized spacial score (nSPS) is 18.8. The van der Waals surface area contributed by atoms with Gasteiger partial charge in [0.15, 0.2) is 5.69 Å². The topological polar surface area (TPSA) is 69.8 Å². The highest BCUT2D eigenvalue weighted by Gasteiger charge is 2.30. The molecule has 2 aliphatic rings. The summed E-state index contributed by atoms with van der Waals surface area (Å²) in [6, 6.07) is 6.38. The van der Waals surface area contributed by atoms with Gasteiger partial charge in [-0.3, -0.25) is 9.89 Å². The van der Waals surface area contributed by atoms with Crippen molar-refractivity contribution in [2.45, 2.75) is 44.7 Å². The van der Waals surface area contributed by atoms with Crippen molar-refractivity contribution in [2.75, 3.05) is 6.54 Å². The first-order valence-corrected chi connectivity index (χ1v) is 9.05. The smallest absolute Gasteiger partial charge is 0.272 e. The molecular weight excluding hydrogens is 319 g/mol. The maximum absolute atomic E-state index is 13.3. The van der Waals surface area contributed by atoms with Crippen LogP contribution in [0.15, 0.2) is 24.3 Å². The molecule has 1 aliphatic carbocycles. The van der Waals surface area contributed by atoms with Crippen LogP contribution in [0.2, 0.25) is 0 Å². The highest BCUT2D eigenvalue weighted by Crippen LogP contribution is 2.36. The van der Waals surface area contributed by atoms with Crippen LogP contribution in [0.1, 0.15) is 59.0 Å². The quantitative estimate of drug-likeness (QED) is 0.800. The summed E-state index contributed by atoms with van der Waals surface area (Å²) in [6.07, 6.45) is 5.39. The van der Waals surface area contributed by atoms with Crippen molar-refractivity contribution in [1.82, 2.24) is 20.8 Å². The van der Waals surface area contributed by atoms with E-state index in [4.69, 9.17) is 0 Å². The molecule has 25 heavy (non-hydrogen) atoms. The van der Waals surface area contributed by atoms with Crippen LogP contribution < -0.4 is 10.6 Å². The van der Waals surface area contributed by atoms with E-state index in [1.807, 2.05) is 0 Å². The van der Waals surface area contributed by atoms with Crippen LogP contribution in [0.5, 0.6) is 0 Å². The Morgan fingerprint density at radius 3 is 2.76 bits per heavy atom. The van der Waals surface area contributed by atoms with Crippen molar-refractivity contribution in [3.63, 3.8) is 0 Å². The Morgan fingerprint density at radius 2 is 2.00 bits per heavy atom. The van der Waals surface area contributed by atoms with E-state index in [0.29, 0.717) is 18.2 Å². The summed E-state index contributed by atoms with van der Waals surface area (Å²) >= 11 is 0. The maximum atomic E-state index is 13.3. The van der Waals surface area contributed by atoms with E-state index >= 15 is 0 Å². The monoisotopic (exact) mass is 342 g/mol. The van der Waals surface area contributed by atoms with Gasteiger partial charge in [-0.1, -0.05) is 25.0 Å². The molecule has 0 bridgehead atoms. The molecule has 0 spiro atoms. The number of H-pyrrole nitrogens is 1. The van der Waals surface area contributed by atoms with E-state index in [1.165, 1.54) is 25.0 Å². The number of carbonyl (C=O) groups excluding carboxylic acids is 1. The number of hydrogen-bond acceptors (Lipinski definition) is 3. The number of amides is 1. The molecule has 1 aromatic carbocycles. The highest BCUT2D eigenvalue weighted by atomic mass is 19.1. The first kappa shape index (κ1) is 16.3. The third-order valence-corrected chi connectivity index (χ3v) is 5.41. The molecule has 1 aromatic heterocycles. The molecule has 4 rings (SSSR count). The second kappa shape index (κ2) is 6.96. The van der Waals surface area contributed by atoms with Gasteiger partial charge in [-0.2, -0.15) is 5.10 Å². The number of nitrogens with zero attached hydrogens (tertiary/aromatic N) is 1. The van der Waals surface area contributed by atoms with Crippen LogP contribution in [0.25, 0.3) is 0 Å². The van der Waals surface area contributed by atoms with Crippen molar-refractivity contribution in [3.05, 3.63) is 52.6 Å². The van der Waals surface area contributed by atoms with Crippen molar-refractivity contribution < 1.29 is 9.18 Å². The highest BCUT2D eigenvalue weighted by molar-refractivity contribution is 5.94. The molecular formula is C19H23FN4O. The van der Waals surface area contributed by atoms with Crippen LogP contribution in [0.3, 0.4) is 0 Å². The minimum absolute atomic E-state index is 0.0977. The molecule has 1 unspecified atom stereocenters. The number of benzene rings is 1. The summed E-state index contributed by atoms with van der Waals surface area (Å²) < 4.78 is 13.3. The fraction of sp³-hybridized carbons (Fsp3) is 0.474. The van der Waals surface area contributed by atoms with Gasteiger partial charge in [-0.05, 0) is 36.5 Å². The standard InChI is InChI=1S/C19H23FN4O/c20-14-7-5-13(6-8-14)17(12-3-1-2-4-12)22-19(25)18-15-11-21-10-9-16(15)23-24-18/h5-8,12,17,21H,1-4,9-11H2,(H,22,25)(H,23,24). The number of aromatic amines is 1. The first-order chi connectivity index (χ1) is 12.2. The van der Waals surface area contributed by atoms with Gasteiger partial charge in [-0.15, -0.1) is 0 Å². The molecule has 6 heteroatoms. The predicted octanol–water partition coefficient (Wildman–Crippen LogP) is 2.86. The molecule has 1 saturated carbocycles. The van der Waals surface area contributed by atoms with Crippen LogP contribution >= 0.6 is 0 Å². The fourth-order valence-corrected chi connectivity index (χ4v) is 4.06. The van der Waals surface area contributed by atoms with Gasteiger partial charge >= 0.3 is 0 Å². The Balaban J connectivity index is 1.58. The van der Waals surface area contributed by atoms with Crippen LogP contribution in [0, 0.1) is 11.7 Å². The predicted molar refractivity (Wildman–Crippen MR) is 92.6 cm³/mol. The lowest BCUT2D eigenvalue weighted by Gasteiger charge is -2.25. The van der Waals surface area contributed by atoms with Gasteiger partial charge in [0.25, 0.3) is 5.91 Å². The van der Waals surface area contributed by atoms with Gasteiger partial charge in [0.05, 0.1) is 6.04 Å². The molecule has 5 nitrogen and oxygen atoms in total. The lowest BCUT2D eigenvalue weighted by molar-refractivity contribution is 0.0915. The average molecular weight is 342 g/mol. The molecule has 132 valence electrons. The van der Waals surface area contributed by atoms with Crippen molar-refractivity contribution in [2.24, 2.45) is 5.92 Å². The Morgan fingerprint density at radius 1 is 1.24 bits per heavy atom. The zero-order valence-corrected chi connectivity index (χ0v) is 14.1. The number of aromatic nitrogens is 2. The molecule has 2 heterocycles. The summed E-state index contributed by atoms with van der Waals surface area (Å²) in [5.41, 5.74) is 3.45. The largest absolute Gasteiger partial charge is 0.344 e. The number of carbonyl (C=O) groups is 1. The zero-order valence-electron chi connectivity index (χ0n) is 14.1. The molecule has 3 N–H and O–H groups in total. The molecule has 1 aliphatic heterocycles. The third kappa shape index (κ3) is 3.31. The van der Waals surface area contributed by atoms with Gasteiger partial charge in [-0.25, -0.2) is 4.39 Å². The van der Waals surface area contributed by atoms with E-state index in [9.17, 15) is 9.18 Å². The second-order valence-corrected chi connectivity index (χ2v) is 7.00. The van der Waals surface area contributed by atoms with Crippen LogP contribution in [-0.2, 0) is 13.0 Å². The Kier molecular flexibility index (Phi) is 4.53. The number of nitrogens with one attached hydrogen (secondary N) is 3. The van der Waals surface area contributed by atoms with Crippen molar-refractivity contribution >= 4 is 5.91 Å². The Bertz CT molecular complexity index is 749. The lowest BCUT2D eigenvalue weighted by Crippen LogP contribution is -2.34. The summed E-state index contributed by atoms with van der Waals surface area (Å²) in [5, 5.41) is 13.7. The third-order valence-electron chi connectivity index (χ3n) is 5.41. The summed E-state index contributed by atoms with van der Waals surface area (Å²) in [4.78, 5) is 12.9. The maximum Gasteiger partial charge on any atom is 0.272 e. The van der Waals surface area contributed by atoms with Gasteiger partial charge < -0.3 is 10.6 Å².